The van der Waals surface area contributed by atoms with Crippen molar-refractivity contribution >= 4 is 11.9 Å². The lowest BCUT2D eigenvalue weighted by atomic mass is 10.1. The summed E-state index contributed by atoms with van der Waals surface area (Å²) in [5.41, 5.74) is 15.7. The van der Waals surface area contributed by atoms with Crippen LogP contribution in [0.4, 0.5) is 0 Å². The normalized spacial score (nSPS) is 11.4. The molecular weight excluding hydrogens is 190 g/mol. The van der Waals surface area contributed by atoms with Crippen LogP contribution in [-0.4, -0.2) is 18.5 Å². The Hall–Kier alpha value is -1.26. The zero-order valence-corrected chi connectivity index (χ0v) is 9.58. The molecule has 0 spiro atoms. The topological polar surface area (TPSA) is 103 Å². The predicted molar refractivity (Wildman–Crippen MR) is 65.7 cm³/mol. The molecule has 0 saturated heterocycles. The van der Waals surface area contributed by atoms with E-state index in [1.807, 2.05) is 0 Å². The number of unbranched alkanes of at least 4 members (excludes halogenated alkanes) is 5. The molecule has 0 fully saturated rings. The van der Waals surface area contributed by atoms with Gasteiger partial charge in [-0.2, -0.15) is 4.99 Å². The first-order chi connectivity index (χ1) is 7.16. The maximum Gasteiger partial charge on any atom is 0.218 e. The van der Waals surface area contributed by atoms with Crippen LogP contribution in [-0.2, 0) is 0 Å². The Kier molecular flexibility index (Phi) is 8.52. The first-order valence-corrected chi connectivity index (χ1v) is 5.56. The molecule has 0 aromatic carbocycles. The van der Waals surface area contributed by atoms with E-state index in [2.05, 4.69) is 16.9 Å². The minimum absolute atomic E-state index is 0.0424. The van der Waals surface area contributed by atoms with Gasteiger partial charge in [-0.3, -0.25) is 4.99 Å². The molecule has 0 aromatic rings. The molecule has 0 saturated carbocycles. The molecule has 0 rings (SSSR count). The van der Waals surface area contributed by atoms with E-state index in [0.29, 0.717) is 6.54 Å². The lowest BCUT2D eigenvalue weighted by Crippen LogP contribution is -2.26. The van der Waals surface area contributed by atoms with E-state index < -0.39 is 0 Å². The summed E-state index contributed by atoms with van der Waals surface area (Å²) < 4.78 is 0. The molecule has 15 heavy (non-hydrogen) atoms. The second-order valence-corrected chi connectivity index (χ2v) is 3.54. The van der Waals surface area contributed by atoms with Gasteiger partial charge in [0.05, 0.1) is 0 Å². The van der Waals surface area contributed by atoms with Crippen LogP contribution in [0.15, 0.2) is 9.98 Å². The summed E-state index contributed by atoms with van der Waals surface area (Å²) in [4.78, 5) is 7.65. The van der Waals surface area contributed by atoms with Crippen molar-refractivity contribution in [1.82, 2.24) is 0 Å². The maximum atomic E-state index is 5.44. The lowest BCUT2D eigenvalue weighted by Gasteiger charge is -1.98. The summed E-state index contributed by atoms with van der Waals surface area (Å²) in [5.74, 6) is 0.128. The summed E-state index contributed by atoms with van der Waals surface area (Å²) in [6.45, 7) is 2.91. The van der Waals surface area contributed by atoms with E-state index in [1.54, 1.807) is 0 Å². The third-order valence-corrected chi connectivity index (χ3v) is 2.03. The molecule has 5 heteroatoms. The standard InChI is InChI=1S/C10H23N5/c1-2-3-4-5-6-7-8-14-10(13)15-9(11)12/h2-8H2,1H3,(H6,11,12,13,14,15). The molecule has 0 atom stereocenters. The summed E-state index contributed by atoms with van der Waals surface area (Å²) in [6, 6.07) is 0. The Morgan fingerprint density at radius 2 is 1.53 bits per heavy atom. The third kappa shape index (κ3) is 10.7. The fourth-order valence-corrected chi connectivity index (χ4v) is 1.25. The maximum absolute atomic E-state index is 5.44. The summed E-state index contributed by atoms with van der Waals surface area (Å²) in [6.07, 6.45) is 7.41. The fraction of sp³-hybridized carbons (Fsp3) is 0.800. The van der Waals surface area contributed by atoms with Crippen LogP contribution in [0, 0.1) is 0 Å². The number of rotatable bonds is 7. The second-order valence-electron chi connectivity index (χ2n) is 3.54. The van der Waals surface area contributed by atoms with Crippen molar-refractivity contribution in [1.29, 1.82) is 0 Å². The van der Waals surface area contributed by atoms with Gasteiger partial charge in [-0.1, -0.05) is 39.0 Å². The number of guanidine groups is 2. The molecular formula is C10H23N5. The number of hydrogen-bond acceptors (Lipinski definition) is 1. The highest BCUT2D eigenvalue weighted by atomic mass is 15.1. The summed E-state index contributed by atoms with van der Waals surface area (Å²) in [7, 11) is 0. The monoisotopic (exact) mass is 213 g/mol. The van der Waals surface area contributed by atoms with E-state index in [-0.39, 0.29) is 11.9 Å². The van der Waals surface area contributed by atoms with Gasteiger partial charge in [0.2, 0.25) is 5.96 Å². The number of hydrogen-bond donors (Lipinski definition) is 3. The van der Waals surface area contributed by atoms with E-state index in [1.165, 1.54) is 32.1 Å². The smallest absolute Gasteiger partial charge is 0.218 e. The zero-order valence-electron chi connectivity index (χ0n) is 9.58. The van der Waals surface area contributed by atoms with Crippen LogP contribution in [0.25, 0.3) is 0 Å². The van der Waals surface area contributed by atoms with Gasteiger partial charge in [0, 0.05) is 6.54 Å². The van der Waals surface area contributed by atoms with Gasteiger partial charge in [0.1, 0.15) is 0 Å². The molecule has 0 aliphatic carbocycles. The number of nitrogens with two attached hydrogens (primary N) is 3. The largest absolute Gasteiger partial charge is 0.370 e. The number of nitrogens with zero attached hydrogens (tertiary/aromatic N) is 2. The van der Waals surface area contributed by atoms with Crippen LogP contribution in [0.2, 0.25) is 0 Å². The van der Waals surface area contributed by atoms with Gasteiger partial charge in [0.15, 0.2) is 5.96 Å². The van der Waals surface area contributed by atoms with Crippen LogP contribution in [0.1, 0.15) is 45.4 Å². The molecule has 0 radical (unpaired) electrons. The SMILES string of the molecule is CCCCCCCCN=C(N)N=C(N)N. The van der Waals surface area contributed by atoms with Crippen molar-refractivity contribution in [3.8, 4) is 0 Å². The van der Waals surface area contributed by atoms with Crippen LogP contribution in [0.5, 0.6) is 0 Å². The molecule has 0 heterocycles. The van der Waals surface area contributed by atoms with Crippen molar-refractivity contribution in [2.75, 3.05) is 6.54 Å². The summed E-state index contributed by atoms with van der Waals surface area (Å²) in [5, 5.41) is 0. The molecule has 0 amide bonds. The highest BCUT2D eigenvalue weighted by Gasteiger charge is 1.91. The number of aliphatic imine (C=N–C) groups is 2. The third-order valence-electron chi connectivity index (χ3n) is 2.03. The predicted octanol–water partition coefficient (Wildman–Crippen LogP) is 0.935. The lowest BCUT2D eigenvalue weighted by molar-refractivity contribution is 0.612. The Labute approximate surface area is 91.8 Å². The van der Waals surface area contributed by atoms with Gasteiger partial charge >= 0.3 is 0 Å². The Balaban J connectivity index is 3.41. The van der Waals surface area contributed by atoms with Gasteiger partial charge in [-0.15, -0.1) is 0 Å². The van der Waals surface area contributed by atoms with Crippen molar-refractivity contribution in [2.24, 2.45) is 27.2 Å². The van der Waals surface area contributed by atoms with Crippen molar-refractivity contribution in [3.63, 3.8) is 0 Å². The molecule has 6 N–H and O–H groups in total. The van der Waals surface area contributed by atoms with Gasteiger partial charge in [-0.05, 0) is 6.42 Å². The Morgan fingerprint density at radius 3 is 2.13 bits per heavy atom. The minimum Gasteiger partial charge on any atom is -0.370 e. The van der Waals surface area contributed by atoms with Gasteiger partial charge in [0.25, 0.3) is 0 Å². The van der Waals surface area contributed by atoms with Crippen LogP contribution < -0.4 is 17.2 Å². The molecule has 0 aliphatic rings. The van der Waals surface area contributed by atoms with Crippen LogP contribution in [0.3, 0.4) is 0 Å². The first-order valence-electron chi connectivity index (χ1n) is 5.56. The van der Waals surface area contributed by atoms with Gasteiger partial charge in [-0.25, -0.2) is 0 Å². The first kappa shape index (κ1) is 13.7. The molecule has 0 aliphatic heterocycles. The van der Waals surface area contributed by atoms with Crippen molar-refractivity contribution in [2.45, 2.75) is 45.4 Å². The average Bonchev–Trinajstić information content (AvgIpc) is 2.15. The second kappa shape index (κ2) is 9.30. The minimum atomic E-state index is -0.0424. The zero-order chi connectivity index (χ0) is 11.5. The van der Waals surface area contributed by atoms with Gasteiger partial charge < -0.3 is 17.2 Å². The molecule has 0 aromatic heterocycles. The summed E-state index contributed by atoms with van der Waals surface area (Å²) >= 11 is 0. The molecule has 88 valence electrons. The highest BCUT2D eigenvalue weighted by molar-refractivity contribution is 5.92. The Bertz CT molecular complexity index is 206. The van der Waals surface area contributed by atoms with E-state index in [0.717, 1.165) is 6.42 Å². The van der Waals surface area contributed by atoms with Crippen molar-refractivity contribution in [3.05, 3.63) is 0 Å². The quantitative estimate of drug-likeness (QED) is 0.333. The van der Waals surface area contributed by atoms with Crippen LogP contribution >= 0.6 is 0 Å². The molecule has 0 unspecified atom stereocenters. The highest BCUT2D eigenvalue weighted by Crippen LogP contribution is 2.04. The fourth-order valence-electron chi connectivity index (χ4n) is 1.25. The van der Waals surface area contributed by atoms with E-state index >= 15 is 0 Å². The van der Waals surface area contributed by atoms with Crippen molar-refractivity contribution < 1.29 is 0 Å². The average molecular weight is 213 g/mol. The molecule has 5 nitrogen and oxygen atoms in total. The van der Waals surface area contributed by atoms with E-state index in [9.17, 15) is 0 Å². The molecule has 0 bridgehead atoms. The van der Waals surface area contributed by atoms with E-state index in [4.69, 9.17) is 17.2 Å². The Morgan fingerprint density at radius 1 is 0.933 bits per heavy atom.